The summed E-state index contributed by atoms with van der Waals surface area (Å²) in [4.78, 5) is 11.5. The van der Waals surface area contributed by atoms with Gasteiger partial charge in [0.05, 0.1) is 0 Å². The summed E-state index contributed by atoms with van der Waals surface area (Å²) >= 11 is 0. The van der Waals surface area contributed by atoms with Crippen LogP contribution in [-0.2, 0) is 4.79 Å². The molecule has 2 rings (SSSR count). The lowest BCUT2D eigenvalue weighted by Crippen LogP contribution is -2.09. The second kappa shape index (κ2) is 7.74. The highest BCUT2D eigenvalue weighted by Crippen LogP contribution is 2.25. The summed E-state index contributed by atoms with van der Waals surface area (Å²) in [5, 5.41) is 0. The fourth-order valence-corrected chi connectivity index (χ4v) is 2.62. The van der Waals surface area contributed by atoms with Gasteiger partial charge in [-0.15, -0.1) is 0 Å². The fourth-order valence-electron chi connectivity index (χ4n) is 2.62. The third-order valence-corrected chi connectivity index (χ3v) is 4.20. The molecular formula is C21H24O. The predicted octanol–water partition coefficient (Wildman–Crippen LogP) is 5.27. The van der Waals surface area contributed by atoms with E-state index in [1.54, 1.807) is 0 Å². The van der Waals surface area contributed by atoms with Gasteiger partial charge in [0.2, 0.25) is 0 Å². The maximum Gasteiger partial charge on any atom is 0.128 e. The molecule has 0 unspecified atom stereocenters. The third-order valence-electron chi connectivity index (χ3n) is 4.20. The second-order valence-electron chi connectivity index (χ2n) is 6.02. The van der Waals surface area contributed by atoms with E-state index in [9.17, 15) is 4.79 Å². The van der Waals surface area contributed by atoms with E-state index in [1.807, 2.05) is 30.3 Å². The van der Waals surface area contributed by atoms with Crippen molar-refractivity contribution in [3.05, 3.63) is 83.4 Å². The zero-order valence-corrected chi connectivity index (χ0v) is 13.6. The minimum absolute atomic E-state index is 0.0809. The smallest absolute Gasteiger partial charge is 0.128 e. The molecule has 0 saturated carbocycles. The van der Waals surface area contributed by atoms with Crippen LogP contribution in [0.3, 0.4) is 0 Å². The van der Waals surface area contributed by atoms with Crippen molar-refractivity contribution in [1.29, 1.82) is 0 Å². The van der Waals surface area contributed by atoms with E-state index in [2.05, 4.69) is 57.2 Å². The van der Waals surface area contributed by atoms with Gasteiger partial charge in [-0.2, -0.15) is 0 Å². The molecule has 0 radical (unpaired) electrons. The largest absolute Gasteiger partial charge is 0.303 e. The second-order valence-corrected chi connectivity index (χ2v) is 6.02. The number of rotatable bonds is 6. The van der Waals surface area contributed by atoms with Crippen molar-refractivity contribution < 1.29 is 4.79 Å². The topological polar surface area (TPSA) is 17.1 Å². The van der Waals surface area contributed by atoms with Crippen LogP contribution in [0.25, 0.3) is 0 Å². The molecule has 0 saturated heterocycles. The first-order chi connectivity index (χ1) is 10.6. The lowest BCUT2D eigenvalue weighted by molar-refractivity contribution is -0.109. The quantitative estimate of drug-likeness (QED) is 0.523. The van der Waals surface area contributed by atoms with Crippen LogP contribution < -0.4 is 0 Å². The maximum atomic E-state index is 11.5. The monoisotopic (exact) mass is 292 g/mol. The Morgan fingerprint density at radius 1 is 0.818 bits per heavy atom. The molecule has 0 heterocycles. The molecule has 0 spiro atoms. The molecule has 0 aromatic heterocycles. The number of allylic oxidation sites excluding steroid dienone is 2. The summed E-state index contributed by atoms with van der Waals surface area (Å²) in [5.74, 6) is 0.460. The molecule has 1 nitrogen and oxygen atoms in total. The van der Waals surface area contributed by atoms with Gasteiger partial charge in [0, 0.05) is 5.92 Å². The standard InChI is InChI=1S/C21H24O/c1-16-9-13-19(14-10-16)17(2)11-12-18(3)21(15-22)20-7-5-4-6-8-20/h4-15,17-18,21H,1-3H3/b12-11+/t17-,18-,21+/m1/s1. The Kier molecular flexibility index (Phi) is 5.71. The molecule has 0 aliphatic rings. The first kappa shape index (κ1) is 16.2. The normalized spacial score (nSPS) is 15.4. The van der Waals surface area contributed by atoms with Crippen LogP contribution >= 0.6 is 0 Å². The van der Waals surface area contributed by atoms with E-state index in [4.69, 9.17) is 0 Å². The summed E-state index contributed by atoms with van der Waals surface area (Å²) in [6.07, 6.45) is 5.42. The average Bonchev–Trinajstić information content (AvgIpc) is 2.55. The van der Waals surface area contributed by atoms with Crippen molar-refractivity contribution in [2.45, 2.75) is 32.6 Å². The molecule has 0 aliphatic heterocycles. The van der Waals surface area contributed by atoms with Crippen LogP contribution in [-0.4, -0.2) is 6.29 Å². The van der Waals surface area contributed by atoms with Crippen molar-refractivity contribution >= 4 is 6.29 Å². The maximum absolute atomic E-state index is 11.5. The van der Waals surface area contributed by atoms with Crippen molar-refractivity contribution in [3.63, 3.8) is 0 Å². The number of hydrogen-bond donors (Lipinski definition) is 0. The first-order valence-electron chi connectivity index (χ1n) is 7.87. The highest BCUT2D eigenvalue weighted by molar-refractivity contribution is 5.63. The minimum atomic E-state index is -0.0809. The Hall–Kier alpha value is -2.15. The molecule has 2 aromatic rings. The van der Waals surface area contributed by atoms with Gasteiger partial charge in [0.15, 0.2) is 0 Å². The molecule has 3 atom stereocenters. The molecule has 0 fully saturated rings. The van der Waals surface area contributed by atoms with Gasteiger partial charge in [0.25, 0.3) is 0 Å². The molecule has 22 heavy (non-hydrogen) atoms. The Morgan fingerprint density at radius 3 is 2.05 bits per heavy atom. The zero-order valence-electron chi connectivity index (χ0n) is 13.6. The summed E-state index contributed by atoms with van der Waals surface area (Å²) in [6, 6.07) is 18.6. The van der Waals surface area contributed by atoms with E-state index in [0.717, 1.165) is 11.8 Å². The van der Waals surface area contributed by atoms with Crippen molar-refractivity contribution in [2.75, 3.05) is 0 Å². The Bertz CT molecular complexity index is 610. The lowest BCUT2D eigenvalue weighted by Gasteiger charge is -2.16. The van der Waals surface area contributed by atoms with Crippen molar-refractivity contribution in [3.8, 4) is 0 Å². The van der Waals surface area contributed by atoms with Gasteiger partial charge in [-0.3, -0.25) is 0 Å². The summed E-state index contributed by atoms with van der Waals surface area (Å²) in [6.45, 7) is 6.39. The number of benzene rings is 2. The molecule has 0 N–H and O–H groups in total. The fraction of sp³-hybridized carbons (Fsp3) is 0.286. The highest BCUT2D eigenvalue weighted by atomic mass is 16.1. The predicted molar refractivity (Wildman–Crippen MR) is 93.1 cm³/mol. The summed E-state index contributed by atoms with van der Waals surface area (Å²) in [7, 11) is 0. The SMILES string of the molecule is Cc1ccc([C@H](C)/C=C/[C@@H](C)[C@H](C=O)c2ccccc2)cc1. The Labute approximate surface area is 133 Å². The van der Waals surface area contributed by atoms with Crippen molar-refractivity contribution in [1.82, 2.24) is 0 Å². The lowest BCUT2D eigenvalue weighted by atomic mass is 9.87. The molecule has 0 bridgehead atoms. The average molecular weight is 292 g/mol. The van der Waals surface area contributed by atoms with Gasteiger partial charge >= 0.3 is 0 Å². The molecular weight excluding hydrogens is 268 g/mol. The number of aryl methyl sites for hydroxylation is 1. The van der Waals surface area contributed by atoms with Crippen LogP contribution in [0.2, 0.25) is 0 Å². The van der Waals surface area contributed by atoms with Crippen LogP contribution in [0.4, 0.5) is 0 Å². The third kappa shape index (κ3) is 4.17. The van der Waals surface area contributed by atoms with Crippen LogP contribution in [0.5, 0.6) is 0 Å². The van der Waals surface area contributed by atoms with Gasteiger partial charge in [-0.05, 0) is 29.9 Å². The molecule has 0 aliphatic carbocycles. The van der Waals surface area contributed by atoms with Gasteiger partial charge in [-0.25, -0.2) is 0 Å². The van der Waals surface area contributed by atoms with Crippen molar-refractivity contribution in [2.24, 2.45) is 5.92 Å². The number of hydrogen-bond acceptors (Lipinski definition) is 1. The van der Waals surface area contributed by atoms with Crippen LogP contribution in [0, 0.1) is 12.8 Å². The highest BCUT2D eigenvalue weighted by Gasteiger charge is 2.16. The summed E-state index contributed by atoms with van der Waals surface area (Å²) < 4.78 is 0. The van der Waals surface area contributed by atoms with E-state index in [-0.39, 0.29) is 11.8 Å². The van der Waals surface area contributed by atoms with Gasteiger partial charge in [0.1, 0.15) is 6.29 Å². The zero-order chi connectivity index (χ0) is 15.9. The van der Waals surface area contributed by atoms with Gasteiger partial charge in [-0.1, -0.05) is 86.2 Å². The first-order valence-corrected chi connectivity index (χ1v) is 7.87. The van der Waals surface area contributed by atoms with E-state index in [1.165, 1.54) is 11.1 Å². The minimum Gasteiger partial charge on any atom is -0.303 e. The number of aldehydes is 1. The van der Waals surface area contributed by atoms with E-state index >= 15 is 0 Å². The molecule has 114 valence electrons. The van der Waals surface area contributed by atoms with Crippen LogP contribution in [0.15, 0.2) is 66.7 Å². The molecule has 2 aromatic carbocycles. The Morgan fingerprint density at radius 2 is 1.45 bits per heavy atom. The summed E-state index contributed by atoms with van der Waals surface area (Å²) in [5.41, 5.74) is 3.66. The Balaban J connectivity index is 2.07. The van der Waals surface area contributed by atoms with Crippen LogP contribution in [0.1, 0.15) is 42.4 Å². The van der Waals surface area contributed by atoms with E-state index < -0.39 is 0 Å². The van der Waals surface area contributed by atoms with E-state index in [0.29, 0.717) is 5.92 Å². The number of carbonyl (C=O) groups is 1. The molecule has 0 amide bonds. The van der Waals surface area contributed by atoms with Gasteiger partial charge < -0.3 is 4.79 Å². The molecule has 1 heteroatoms. The number of carbonyl (C=O) groups excluding carboxylic acids is 1.